The topological polar surface area (TPSA) is 59.2 Å². The average Bonchev–Trinajstić information content (AvgIpc) is 2.30. The highest BCUT2D eigenvalue weighted by atomic mass is 16.1. The van der Waals surface area contributed by atoms with Crippen molar-refractivity contribution in [2.24, 2.45) is 11.7 Å². The minimum atomic E-state index is -0.186. The summed E-state index contributed by atoms with van der Waals surface area (Å²) in [6.07, 6.45) is 3.43. The summed E-state index contributed by atoms with van der Waals surface area (Å²) in [6, 6.07) is 6.10. The Morgan fingerprint density at radius 1 is 1.56 bits per heavy atom. The predicted octanol–water partition coefficient (Wildman–Crippen LogP) is 0.950. The summed E-state index contributed by atoms with van der Waals surface area (Å²) >= 11 is 0. The molecule has 86 valence electrons. The summed E-state index contributed by atoms with van der Waals surface area (Å²) in [7, 11) is 2.07. The van der Waals surface area contributed by atoms with Crippen LogP contribution in [0.5, 0.6) is 0 Å². The van der Waals surface area contributed by atoms with Crippen molar-refractivity contribution >= 4 is 5.91 Å². The maximum absolute atomic E-state index is 11.2. The Morgan fingerprint density at radius 2 is 2.38 bits per heavy atom. The van der Waals surface area contributed by atoms with Crippen LogP contribution in [-0.2, 0) is 4.79 Å². The van der Waals surface area contributed by atoms with Gasteiger partial charge in [-0.1, -0.05) is 6.07 Å². The Kier molecular flexibility index (Phi) is 3.19. The second-order valence-corrected chi connectivity index (χ2v) is 4.37. The number of nitrogens with zero attached hydrogens (tertiary/aromatic N) is 2. The van der Waals surface area contributed by atoms with E-state index in [4.69, 9.17) is 5.73 Å². The molecule has 1 aromatic heterocycles. The summed E-state index contributed by atoms with van der Waals surface area (Å²) < 4.78 is 0. The van der Waals surface area contributed by atoms with E-state index in [2.05, 4.69) is 16.9 Å². The molecule has 1 aliphatic rings. The zero-order valence-corrected chi connectivity index (χ0v) is 9.47. The van der Waals surface area contributed by atoms with Crippen molar-refractivity contribution in [2.45, 2.75) is 18.9 Å². The Morgan fingerprint density at radius 3 is 3.00 bits per heavy atom. The molecule has 0 aliphatic carbocycles. The molecule has 2 heterocycles. The molecule has 1 aliphatic heterocycles. The smallest absolute Gasteiger partial charge is 0.220 e. The average molecular weight is 219 g/mol. The van der Waals surface area contributed by atoms with Crippen LogP contribution in [0.3, 0.4) is 0 Å². The van der Waals surface area contributed by atoms with Crippen LogP contribution in [-0.4, -0.2) is 29.4 Å². The number of hydrogen-bond donors (Lipinski definition) is 1. The largest absolute Gasteiger partial charge is 0.369 e. The molecule has 0 bridgehead atoms. The normalized spacial score (nSPS) is 26.6. The first kappa shape index (κ1) is 11.1. The molecule has 1 saturated heterocycles. The van der Waals surface area contributed by atoms with Gasteiger partial charge in [-0.05, 0) is 38.6 Å². The van der Waals surface area contributed by atoms with Crippen molar-refractivity contribution in [3.8, 4) is 0 Å². The van der Waals surface area contributed by atoms with E-state index in [0.717, 1.165) is 25.1 Å². The highest BCUT2D eigenvalue weighted by Crippen LogP contribution is 2.31. The SMILES string of the molecule is CN1CCC(C(N)=O)CC1c1ccccn1. The molecule has 0 aromatic carbocycles. The zero-order chi connectivity index (χ0) is 11.5. The van der Waals surface area contributed by atoms with Gasteiger partial charge in [0.2, 0.25) is 5.91 Å². The van der Waals surface area contributed by atoms with Crippen LogP contribution in [0, 0.1) is 5.92 Å². The van der Waals surface area contributed by atoms with Gasteiger partial charge in [0.15, 0.2) is 0 Å². The molecule has 4 heteroatoms. The summed E-state index contributed by atoms with van der Waals surface area (Å²) in [5.41, 5.74) is 6.40. The maximum Gasteiger partial charge on any atom is 0.220 e. The van der Waals surface area contributed by atoms with E-state index in [9.17, 15) is 4.79 Å². The second kappa shape index (κ2) is 4.61. The van der Waals surface area contributed by atoms with E-state index < -0.39 is 0 Å². The van der Waals surface area contributed by atoms with E-state index in [0.29, 0.717) is 0 Å². The molecule has 0 spiro atoms. The minimum Gasteiger partial charge on any atom is -0.369 e. The van der Waals surface area contributed by atoms with Gasteiger partial charge in [0.25, 0.3) is 0 Å². The zero-order valence-electron chi connectivity index (χ0n) is 9.47. The summed E-state index contributed by atoms with van der Waals surface area (Å²) in [5.74, 6) is -0.197. The number of rotatable bonds is 2. The lowest BCUT2D eigenvalue weighted by Gasteiger charge is -2.35. The number of pyridine rings is 1. The Hall–Kier alpha value is -1.42. The van der Waals surface area contributed by atoms with E-state index in [1.807, 2.05) is 18.2 Å². The Bertz CT molecular complexity index is 366. The maximum atomic E-state index is 11.2. The lowest BCUT2D eigenvalue weighted by molar-refractivity contribution is -0.123. The molecular formula is C12H17N3O. The summed E-state index contributed by atoms with van der Waals surface area (Å²) in [4.78, 5) is 17.8. The lowest BCUT2D eigenvalue weighted by Crippen LogP contribution is -2.39. The molecular weight excluding hydrogens is 202 g/mol. The first-order chi connectivity index (χ1) is 7.68. The molecule has 1 fully saturated rings. The fraction of sp³-hybridized carbons (Fsp3) is 0.500. The first-order valence-corrected chi connectivity index (χ1v) is 5.59. The monoisotopic (exact) mass is 219 g/mol. The highest BCUT2D eigenvalue weighted by Gasteiger charge is 2.30. The molecule has 2 N–H and O–H groups in total. The van der Waals surface area contributed by atoms with Gasteiger partial charge in [-0.3, -0.25) is 14.7 Å². The molecule has 2 rings (SSSR count). The fourth-order valence-corrected chi connectivity index (χ4v) is 2.26. The van der Waals surface area contributed by atoms with Crippen LogP contribution in [0.2, 0.25) is 0 Å². The van der Waals surface area contributed by atoms with Crippen LogP contribution >= 0.6 is 0 Å². The number of amides is 1. The van der Waals surface area contributed by atoms with E-state index in [1.54, 1.807) is 6.20 Å². The van der Waals surface area contributed by atoms with Crippen molar-refractivity contribution in [1.29, 1.82) is 0 Å². The van der Waals surface area contributed by atoms with E-state index in [-0.39, 0.29) is 17.9 Å². The van der Waals surface area contributed by atoms with Gasteiger partial charge < -0.3 is 5.73 Å². The molecule has 1 amide bonds. The van der Waals surface area contributed by atoms with Gasteiger partial charge in [-0.2, -0.15) is 0 Å². The number of piperidine rings is 1. The number of carbonyl (C=O) groups is 1. The number of nitrogens with two attached hydrogens (primary N) is 1. The van der Waals surface area contributed by atoms with E-state index in [1.165, 1.54) is 0 Å². The first-order valence-electron chi connectivity index (χ1n) is 5.59. The number of aromatic nitrogens is 1. The van der Waals surface area contributed by atoms with Crippen molar-refractivity contribution in [2.75, 3.05) is 13.6 Å². The van der Waals surface area contributed by atoms with Crippen LogP contribution in [0.15, 0.2) is 24.4 Å². The second-order valence-electron chi connectivity index (χ2n) is 4.37. The minimum absolute atomic E-state index is 0.0109. The van der Waals surface area contributed by atoms with Crippen molar-refractivity contribution < 1.29 is 4.79 Å². The fourth-order valence-electron chi connectivity index (χ4n) is 2.26. The molecule has 2 atom stereocenters. The molecule has 0 radical (unpaired) electrons. The third kappa shape index (κ3) is 2.22. The number of hydrogen-bond acceptors (Lipinski definition) is 3. The summed E-state index contributed by atoms with van der Waals surface area (Å²) in [5, 5.41) is 0. The van der Waals surface area contributed by atoms with Gasteiger partial charge in [0.05, 0.1) is 11.7 Å². The van der Waals surface area contributed by atoms with Crippen molar-refractivity contribution in [3.63, 3.8) is 0 Å². The third-order valence-corrected chi connectivity index (χ3v) is 3.30. The number of likely N-dealkylation sites (tertiary alicyclic amines) is 1. The van der Waals surface area contributed by atoms with Gasteiger partial charge in [-0.15, -0.1) is 0 Å². The third-order valence-electron chi connectivity index (χ3n) is 3.30. The highest BCUT2D eigenvalue weighted by molar-refractivity contribution is 5.76. The molecule has 0 saturated carbocycles. The van der Waals surface area contributed by atoms with Crippen LogP contribution < -0.4 is 5.73 Å². The Labute approximate surface area is 95.5 Å². The Balaban J connectivity index is 2.16. The van der Waals surface area contributed by atoms with E-state index >= 15 is 0 Å². The van der Waals surface area contributed by atoms with Gasteiger partial charge in [0.1, 0.15) is 0 Å². The van der Waals surface area contributed by atoms with Gasteiger partial charge in [0, 0.05) is 12.1 Å². The quantitative estimate of drug-likeness (QED) is 0.805. The van der Waals surface area contributed by atoms with Gasteiger partial charge >= 0.3 is 0 Å². The predicted molar refractivity (Wildman–Crippen MR) is 61.5 cm³/mol. The lowest BCUT2D eigenvalue weighted by atomic mass is 9.89. The molecule has 2 unspecified atom stereocenters. The van der Waals surface area contributed by atoms with Crippen LogP contribution in [0.1, 0.15) is 24.6 Å². The summed E-state index contributed by atoms with van der Waals surface area (Å²) in [6.45, 7) is 0.898. The standard InChI is InChI=1S/C12H17N3O/c1-15-7-5-9(12(13)16)8-11(15)10-4-2-3-6-14-10/h2-4,6,9,11H,5,7-8H2,1H3,(H2,13,16). The van der Waals surface area contributed by atoms with Crippen molar-refractivity contribution in [3.05, 3.63) is 30.1 Å². The number of primary amides is 1. The number of carbonyl (C=O) groups excluding carboxylic acids is 1. The molecule has 16 heavy (non-hydrogen) atoms. The van der Waals surface area contributed by atoms with Crippen LogP contribution in [0.25, 0.3) is 0 Å². The molecule has 4 nitrogen and oxygen atoms in total. The van der Waals surface area contributed by atoms with Crippen LogP contribution in [0.4, 0.5) is 0 Å². The van der Waals surface area contributed by atoms with Gasteiger partial charge in [-0.25, -0.2) is 0 Å². The van der Waals surface area contributed by atoms with Crippen molar-refractivity contribution in [1.82, 2.24) is 9.88 Å². The molecule has 1 aromatic rings.